The van der Waals surface area contributed by atoms with E-state index in [9.17, 15) is 0 Å². The van der Waals surface area contributed by atoms with Gasteiger partial charge in [0.2, 0.25) is 21.1 Å². The molecule has 1 heterocycles. The van der Waals surface area contributed by atoms with Gasteiger partial charge in [0.05, 0.1) is 0 Å². The fraction of sp³-hybridized carbons (Fsp3) is 0. The summed E-state index contributed by atoms with van der Waals surface area (Å²) in [5.74, 6) is 0. The Morgan fingerprint density at radius 2 is 0.703 bits per heavy atom. The molecular formula is C35H26NS+. The molecule has 0 saturated heterocycles. The van der Waals surface area contributed by atoms with Gasteiger partial charge < -0.3 is 4.90 Å². The second-order valence-electron chi connectivity index (χ2n) is 8.86. The first-order chi connectivity index (χ1) is 18.3. The van der Waals surface area contributed by atoms with Crippen molar-refractivity contribution in [3.63, 3.8) is 0 Å². The van der Waals surface area contributed by atoms with E-state index in [0.29, 0.717) is 0 Å². The van der Waals surface area contributed by atoms with E-state index in [1.165, 1.54) is 32.0 Å². The molecular weight excluding hydrogens is 466 g/mol. The molecule has 0 atom stereocenters. The number of hydrogen-bond donors (Lipinski definition) is 0. The molecule has 0 fully saturated rings. The van der Waals surface area contributed by atoms with Crippen molar-refractivity contribution in [2.24, 2.45) is 0 Å². The molecule has 6 rings (SSSR count). The molecule has 0 spiro atoms. The van der Waals surface area contributed by atoms with Crippen LogP contribution in [0, 0.1) is 0 Å². The van der Waals surface area contributed by atoms with Gasteiger partial charge in [-0.25, -0.2) is 0 Å². The van der Waals surface area contributed by atoms with E-state index in [2.05, 4.69) is 163 Å². The SMILES string of the molecule is c1ccc(-c2cc(-c3ccc(N(c4ccccc4)c4ccccc4)cc3)cc(-c3ccccc3)[s+]2)cc1. The van der Waals surface area contributed by atoms with Gasteiger partial charge >= 0.3 is 0 Å². The molecule has 0 aliphatic heterocycles. The number of benzene rings is 5. The van der Waals surface area contributed by atoms with Crippen LogP contribution in [0.25, 0.3) is 32.0 Å². The van der Waals surface area contributed by atoms with Crippen LogP contribution in [0.15, 0.2) is 158 Å². The number of hydrogen-bond acceptors (Lipinski definition) is 1. The van der Waals surface area contributed by atoms with Crippen molar-refractivity contribution >= 4 is 28.4 Å². The second-order valence-corrected chi connectivity index (χ2v) is 9.94. The summed E-state index contributed by atoms with van der Waals surface area (Å²) in [5.41, 5.74) is 8.30. The maximum Gasteiger partial charge on any atom is 0.239 e. The summed E-state index contributed by atoms with van der Waals surface area (Å²) in [6.45, 7) is 0. The van der Waals surface area contributed by atoms with Crippen LogP contribution in [0.1, 0.15) is 0 Å². The summed E-state index contributed by atoms with van der Waals surface area (Å²) < 4.78 is 0. The van der Waals surface area contributed by atoms with Crippen molar-refractivity contribution in [2.75, 3.05) is 4.90 Å². The van der Waals surface area contributed by atoms with Crippen LogP contribution < -0.4 is 4.90 Å². The minimum absolute atomic E-state index is 1.13. The maximum absolute atomic E-state index is 2.31. The maximum atomic E-state index is 2.31. The van der Waals surface area contributed by atoms with E-state index < -0.39 is 0 Å². The van der Waals surface area contributed by atoms with Crippen LogP contribution in [-0.2, 0) is 0 Å². The molecule has 5 aromatic carbocycles. The molecule has 1 aromatic heterocycles. The molecule has 1 nitrogen and oxygen atoms in total. The van der Waals surface area contributed by atoms with Crippen LogP contribution in [0.3, 0.4) is 0 Å². The highest BCUT2D eigenvalue weighted by Gasteiger charge is 2.19. The molecule has 37 heavy (non-hydrogen) atoms. The molecule has 2 heteroatoms. The van der Waals surface area contributed by atoms with Crippen molar-refractivity contribution in [1.82, 2.24) is 0 Å². The fourth-order valence-electron chi connectivity index (χ4n) is 4.56. The standard InChI is InChI=1S/C35H26NS/c1-5-13-28(14-6-1)34-25-30(26-35(37-34)29-15-7-2-8-16-29)27-21-23-33(24-22-27)36(31-17-9-3-10-18-31)32-19-11-4-12-20-32/h1-26H/q+1. The molecule has 6 aromatic rings. The highest BCUT2D eigenvalue weighted by Crippen LogP contribution is 2.39. The molecule has 0 aliphatic carbocycles. The van der Waals surface area contributed by atoms with Crippen molar-refractivity contribution in [2.45, 2.75) is 0 Å². The number of rotatable bonds is 6. The Balaban J connectivity index is 1.43. The number of nitrogens with zero attached hydrogens (tertiary/aromatic N) is 1. The molecule has 0 radical (unpaired) electrons. The fourth-order valence-corrected chi connectivity index (χ4v) is 5.68. The van der Waals surface area contributed by atoms with E-state index in [4.69, 9.17) is 0 Å². The highest BCUT2D eigenvalue weighted by molar-refractivity contribution is 7.18. The molecule has 0 amide bonds. The largest absolute Gasteiger partial charge is 0.311 e. The zero-order valence-corrected chi connectivity index (χ0v) is 21.2. The lowest BCUT2D eigenvalue weighted by Gasteiger charge is -2.25. The van der Waals surface area contributed by atoms with Crippen LogP contribution in [0.5, 0.6) is 0 Å². The van der Waals surface area contributed by atoms with E-state index in [1.54, 1.807) is 0 Å². The third-order valence-electron chi connectivity index (χ3n) is 6.40. The smallest absolute Gasteiger partial charge is 0.239 e. The minimum atomic E-state index is 1.13. The Kier molecular flexibility index (Phi) is 6.57. The average Bonchev–Trinajstić information content (AvgIpc) is 2.99. The van der Waals surface area contributed by atoms with Crippen molar-refractivity contribution in [3.8, 4) is 32.0 Å². The lowest BCUT2D eigenvalue weighted by atomic mass is 10.0. The topological polar surface area (TPSA) is 3.24 Å². The molecule has 0 unspecified atom stereocenters. The molecule has 0 N–H and O–H groups in total. The van der Waals surface area contributed by atoms with Gasteiger partial charge in [-0.1, -0.05) is 84.9 Å². The summed E-state index contributed by atoms with van der Waals surface area (Å²) in [5, 5.41) is 0. The predicted molar refractivity (Wildman–Crippen MR) is 160 cm³/mol. The molecule has 176 valence electrons. The zero-order chi connectivity index (χ0) is 24.9. The van der Waals surface area contributed by atoms with Crippen LogP contribution in [0.4, 0.5) is 17.1 Å². The van der Waals surface area contributed by atoms with E-state index in [0.717, 1.165) is 17.1 Å². The quantitative estimate of drug-likeness (QED) is 0.209. The lowest BCUT2D eigenvalue weighted by Crippen LogP contribution is -2.09. The first-order valence-electron chi connectivity index (χ1n) is 12.4. The van der Waals surface area contributed by atoms with E-state index >= 15 is 0 Å². The molecule has 0 aliphatic rings. The average molecular weight is 493 g/mol. The summed E-state index contributed by atoms with van der Waals surface area (Å²) >= 11 is 1.83. The van der Waals surface area contributed by atoms with Gasteiger partial charge in [0.25, 0.3) is 0 Å². The van der Waals surface area contributed by atoms with Crippen LogP contribution in [-0.4, -0.2) is 0 Å². The first kappa shape index (κ1) is 22.9. The van der Waals surface area contributed by atoms with Crippen molar-refractivity contribution in [3.05, 3.63) is 158 Å². The zero-order valence-electron chi connectivity index (χ0n) is 20.4. The van der Waals surface area contributed by atoms with Gasteiger partial charge in [0, 0.05) is 40.3 Å². The Morgan fingerprint density at radius 3 is 1.14 bits per heavy atom. The first-order valence-corrected chi connectivity index (χ1v) is 13.3. The monoisotopic (exact) mass is 492 g/mol. The molecule has 0 saturated carbocycles. The van der Waals surface area contributed by atoms with E-state index in [1.807, 2.05) is 11.3 Å². The van der Waals surface area contributed by atoms with Gasteiger partial charge in [-0.3, -0.25) is 0 Å². The van der Waals surface area contributed by atoms with Crippen LogP contribution >= 0.6 is 11.3 Å². The third-order valence-corrected chi connectivity index (χ3v) is 7.54. The van der Waals surface area contributed by atoms with Gasteiger partial charge in [-0.2, -0.15) is 0 Å². The minimum Gasteiger partial charge on any atom is -0.311 e. The normalized spacial score (nSPS) is 10.7. The predicted octanol–water partition coefficient (Wildman–Crippen LogP) is 10.5. The summed E-state index contributed by atoms with van der Waals surface area (Å²) in [6.07, 6.45) is 0. The Labute approximate surface area is 222 Å². The summed E-state index contributed by atoms with van der Waals surface area (Å²) in [4.78, 5) is 4.81. The number of para-hydroxylation sites is 2. The van der Waals surface area contributed by atoms with E-state index in [-0.39, 0.29) is 0 Å². The van der Waals surface area contributed by atoms with Gasteiger partial charge in [0.15, 0.2) is 0 Å². The van der Waals surface area contributed by atoms with Crippen molar-refractivity contribution in [1.29, 1.82) is 0 Å². The Morgan fingerprint density at radius 1 is 0.324 bits per heavy atom. The summed E-state index contributed by atoms with van der Waals surface area (Å²) in [7, 11) is 0. The third kappa shape index (κ3) is 5.06. The lowest BCUT2D eigenvalue weighted by molar-refractivity contribution is 1.28. The Bertz CT molecular complexity index is 1480. The van der Waals surface area contributed by atoms with Gasteiger partial charge in [-0.15, -0.1) is 0 Å². The van der Waals surface area contributed by atoms with Crippen molar-refractivity contribution < 1.29 is 0 Å². The van der Waals surface area contributed by atoms with Gasteiger partial charge in [0.1, 0.15) is 0 Å². The molecule has 0 bridgehead atoms. The highest BCUT2D eigenvalue weighted by atomic mass is 32.1. The summed E-state index contributed by atoms with van der Waals surface area (Å²) in [6, 6.07) is 55.9. The van der Waals surface area contributed by atoms with Crippen LogP contribution in [0.2, 0.25) is 0 Å². The van der Waals surface area contributed by atoms with Gasteiger partial charge in [-0.05, 0) is 71.8 Å². The Hall–Kier alpha value is -4.53. The number of anilines is 3. The second kappa shape index (κ2) is 10.6.